The lowest BCUT2D eigenvalue weighted by Gasteiger charge is -2.18. The van der Waals surface area contributed by atoms with Gasteiger partial charge in [-0.1, -0.05) is 34.1 Å². The molecule has 0 saturated heterocycles. The van der Waals surface area contributed by atoms with E-state index in [2.05, 4.69) is 27.0 Å². The van der Waals surface area contributed by atoms with E-state index in [4.69, 9.17) is 0 Å². The van der Waals surface area contributed by atoms with Crippen LogP contribution in [0.4, 0.5) is 11.5 Å². The molecule has 20 heavy (non-hydrogen) atoms. The van der Waals surface area contributed by atoms with Crippen LogP contribution in [0.1, 0.15) is 5.56 Å². The van der Waals surface area contributed by atoms with E-state index in [0.29, 0.717) is 5.56 Å². The molecule has 0 fully saturated rings. The van der Waals surface area contributed by atoms with Crippen LogP contribution in [0.25, 0.3) is 10.9 Å². The summed E-state index contributed by atoms with van der Waals surface area (Å²) in [4.78, 5) is 5.31. The maximum atomic E-state index is 9.44. The van der Waals surface area contributed by atoms with E-state index >= 15 is 0 Å². The Labute approximate surface area is 125 Å². The predicted molar refractivity (Wildman–Crippen MR) is 85.2 cm³/mol. The molecular weight excluding hydrogens is 314 g/mol. The molecule has 0 radical (unpaired) electrons. The van der Waals surface area contributed by atoms with Gasteiger partial charge in [0.15, 0.2) is 0 Å². The van der Waals surface area contributed by atoms with Gasteiger partial charge in [0.2, 0.25) is 0 Å². The van der Waals surface area contributed by atoms with Crippen LogP contribution in [-0.4, -0.2) is 12.0 Å². The molecule has 0 saturated carbocycles. The lowest BCUT2D eigenvalue weighted by molar-refractivity contribution is 1.15. The molecule has 2 aromatic carbocycles. The van der Waals surface area contributed by atoms with Gasteiger partial charge < -0.3 is 9.88 Å². The van der Waals surface area contributed by atoms with Gasteiger partial charge in [-0.15, -0.1) is 0 Å². The number of halogens is 1. The minimum absolute atomic E-state index is 0.672. The van der Waals surface area contributed by atoms with Crippen molar-refractivity contribution in [2.24, 2.45) is 0 Å². The predicted octanol–water partition coefficient (Wildman–Crippen LogP) is 4.57. The summed E-state index contributed by atoms with van der Waals surface area (Å²) in [5.41, 5.74) is 2.67. The first-order valence-corrected chi connectivity index (χ1v) is 7.00. The summed E-state index contributed by atoms with van der Waals surface area (Å²) in [6.45, 7) is 0. The van der Waals surface area contributed by atoms with Gasteiger partial charge in [-0.05, 0) is 30.3 Å². The highest BCUT2D eigenvalue weighted by Gasteiger charge is 2.15. The van der Waals surface area contributed by atoms with E-state index in [-0.39, 0.29) is 0 Å². The fraction of sp³-hybridized carbons (Fsp3) is 0.0625. The molecule has 1 N–H and O–H groups in total. The van der Waals surface area contributed by atoms with Gasteiger partial charge in [-0.2, -0.15) is 5.26 Å². The SMILES string of the molecule is CN(c1ccc(Br)cc1)c1[nH]c2ccccc2c1C#N. The number of nitriles is 1. The van der Waals surface area contributed by atoms with Crippen LogP contribution in [0.2, 0.25) is 0 Å². The van der Waals surface area contributed by atoms with Crippen molar-refractivity contribution >= 4 is 38.3 Å². The number of anilines is 2. The third-order valence-electron chi connectivity index (χ3n) is 3.35. The average molecular weight is 326 g/mol. The van der Waals surface area contributed by atoms with Crippen molar-refractivity contribution < 1.29 is 0 Å². The standard InChI is InChI=1S/C16H12BrN3/c1-20(12-8-6-11(17)7-9-12)16-14(10-18)13-4-2-3-5-15(13)19-16/h2-9,19H,1H3. The number of hydrogen-bond acceptors (Lipinski definition) is 2. The summed E-state index contributed by atoms with van der Waals surface area (Å²) in [6, 6.07) is 18.1. The molecule has 0 aliphatic heterocycles. The topological polar surface area (TPSA) is 42.8 Å². The number of hydrogen-bond donors (Lipinski definition) is 1. The van der Waals surface area contributed by atoms with Crippen LogP contribution in [0.3, 0.4) is 0 Å². The molecule has 1 aromatic heterocycles. The maximum absolute atomic E-state index is 9.44. The van der Waals surface area contributed by atoms with E-state index in [1.165, 1.54) is 0 Å². The monoisotopic (exact) mass is 325 g/mol. The van der Waals surface area contributed by atoms with Gasteiger partial charge in [-0.25, -0.2) is 0 Å². The minimum Gasteiger partial charge on any atom is -0.340 e. The first kappa shape index (κ1) is 12.8. The van der Waals surface area contributed by atoms with Crippen molar-refractivity contribution in [3.05, 3.63) is 58.6 Å². The Morgan fingerprint density at radius 1 is 1.10 bits per heavy atom. The molecule has 1 heterocycles. The number of aromatic amines is 1. The lowest BCUT2D eigenvalue weighted by Crippen LogP contribution is -2.10. The summed E-state index contributed by atoms with van der Waals surface area (Å²) >= 11 is 3.43. The molecule has 0 bridgehead atoms. The lowest BCUT2D eigenvalue weighted by atomic mass is 10.2. The molecule has 0 atom stereocenters. The highest BCUT2D eigenvalue weighted by molar-refractivity contribution is 9.10. The number of rotatable bonds is 2. The molecule has 4 heteroatoms. The molecule has 0 spiro atoms. The molecule has 0 unspecified atom stereocenters. The molecule has 98 valence electrons. The highest BCUT2D eigenvalue weighted by atomic mass is 79.9. The van der Waals surface area contributed by atoms with Crippen molar-refractivity contribution in [2.75, 3.05) is 11.9 Å². The second-order valence-electron chi connectivity index (χ2n) is 4.54. The average Bonchev–Trinajstić information content (AvgIpc) is 2.85. The number of nitrogens with zero attached hydrogens (tertiary/aromatic N) is 2. The third kappa shape index (κ3) is 2.06. The quantitative estimate of drug-likeness (QED) is 0.749. The van der Waals surface area contributed by atoms with Crippen molar-refractivity contribution in [2.45, 2.75) is 0 Å². The first-order chi connectivity index (χ1) is 9.70. The zero-order chi connectivity index (χ0) is 14.1. The Bertz CT molecular complexity index is 797. The van der Waals surface area contributed by atoms with Crippen LogP contribution in [0.15, 0.2) is 53.0 Å². The minimum atomic E-state index is 0.672. The van der Waals surface area contributed by atoms with Crippen LogP contribution in [-0.2, 0) is 0 Å². The summed E-state index contributed by atoms with van der Waals surface area (Å²) in [5.74, 6) is 0.816. The van der Waals surface area contributed by atoms with Gasteiger partial charge in [0.05, 0.1) is 0 Å². The van der Waals surface area contributed by atoms with Gasteiger partial charge in [0.25, 0.3) is 0 Å². The highest BCUT2D eigenvalue weighted by Crippen LogP contribution is 2.32. The van der Waals surface area contributed by atoms with E-state index < -0.39 is 0 Å². The molecule has 3 aromatic rings. The number of fused-ring (bicyclic) bond motifs is 1. The number of H-pyrrole nitrogens is 1. The van der Waals surface area contributed by atoms with E-state index in [0.717, 1.165) is 26.9 Å². The largest absolute Gasteiger partial charge is 0.340 e. The molecular formula is C16H12BrN3. The van der Waals surface area contributed by atoms with Crippen LogP contribution >= 0.6 is 15.9 Å². The summed E-state index contributed by atoms with van der Waals surface area (Å²) < 4.78 is 1.03. The summed E-state index contributed by atoms with van der Waals surface area (Å²) in [6.07, 6.45) is 0. The van der Waals surface area contributed by atoms with Crippen molar-refractivity contribution in [1.82, 2.24) is 4.98 Å². The van der Waals surface area contributed by atoms with Crippen LogP contribution < -0.4 is 4.90 Å². The second-order valence-corrected chi connectivity index (χ2v) is 5.46. The zero-order valence-corrected chi connectivity index (χ0v) is 12.5. The fourth-order valence-corrected chi connectivity index (χ4v) is 2.55. The molecule has 0 aliphatic carbocycles. The number of para-hydroxylation sites is 1. The summed E-state index contributed by atoms with van der Waals surface area (Å²) in [5, 5.41) is 10.4. The zero-order valence-electron chi connectivity index (χ0n) is 10.9. The molecule has 0 aliphatic rings. The van der Waals surface area contributed by atoms with Crippen LogP contribution in [0.5, 0.6) is 0 Å². The van der Waals surface area contributed by atoms with E-state index in [1.807, 2.05) is 60.5 Å². The van der Waals surface area contributed by atoms with Gasteiger partial charge in [0.1, 0.15) is 17.5 Å². The Kier molecular flexibility index (Phi) is 3.21. The van der Waals surface area contributed by atoms with Crippen molar-refractivity contribution in [3.63, 3.8) is 0 Å². The van der Waals surface area contributed by atoms with Gasteiger partial charge in [-0.3, -0.25) is 0 Å². The van der Waals surface area contributed by atoms with Crippen molar-refractivity contribution in [1.29, 1.82) is 5.26 Å². The first-order valence-electron chi connectivity index (χ1n) is 6.21. The Balaban J connectivity index is 2.14. The number of aromatic nitrogens is 1. The smallest absolute Gasteiger partial charge is 0.129 e. The van der Waals surface area contributed by atoms with E-state index in [1.54, 1.807) is 0 Å². The fourth-order valence-electron chi connectivity index (χ4n) is 2.29. The normalized spacial score (nSPS) is 10.4. The molecule has 0 amide bonds. The number of nitrogens with one attached hydrogen (secondary N) is 1. The summed E-state index contributed by atoms with van der Waals surface area (Å²) in [7, 11) is 1.95. The number of benzene rings is 2. The van der Waals surface area contributed by atoms with Crippen molar-refractivity contribution in [3.8, 4) is 6.07 Å². The van der Waals surface area contributed by atoms with E-state index in [9.17, 15) is 5.26 Å². The Morgan fingerprint density at radius 3 is 2.50 bits per heavy atom. The Morgan fingerprint density at radius 2 is 1.80 bits per heavy atom. The third-order valence-corrected chi connectivity index (χ3v) is 3.88. The second kappa shape index (κ2) is 5.03. The van der Waals surface area contributed by atoms with Gasteiger partial charge >= 0.3 is 0 Å². The Hall–Kier alpha value is -2.25. The molecule has 3 rings (SSSR count). The maximum Gasteiger partial charge on any atom is 0.129 e. The molecule has 3 nitrogen and oxygen atoms in total. The van der Waals surface area contributed by atoms with Gasteiger partial charge in [0, 0.05) is 28.1 Å². The van der Waals surface area contributed by atoms with Crippen LogP contribution in [0, 0.1) is 11.3 Å².